The zero-order valence-electron chi connectivity index (χ0n) is 11.8. The first-order valence-electron chi connectivity index (χ1n) is 6.35. The number of aromatic amines is 1. The van der Waals surface area contributed by atoms with Crippen LogP contribution < -0.4 is 5.32 Å². The van der Waals surface area contributed by atoms with Gasteiger partial charge < -0.3 is 10.3 Å². The normalized spacial score (nSPS) is 16.0. The first-order chi connectivity index (χ1) is 10.3. The molecule has 0 spiro atoms. The number of nitrogens with zero attached hydrogens (tertiary/aromatic N) is 1. The van der Waals surface area contributed by atoms with Crippen molar-refractivity contribution in [1.82, 2.24) is 9.97 Å². The summed E-state index contributed by atoms with van der Waals surface area (Å²) in [4.78, 5) is 18.8. The van der Waals surface area contributed by atoms with Gasteiger partial charge in [-0.15, -0.1) is 0 Å². The summed E-state index contributed by atoms with van der Waals surface area (Å²) < 4.78 is 36.5. The fourth-order valence-corrected chi connectivity index (χ4v) is 3.21. The summed E-state index contributed by atoms with van der Waals surface area (Å²) in [6.45, 7) is 1.58. The Labute approximate surface area is 126 Å². The zero-order valence-corrected chi connectivity index (χ0v) is 12.6. The van der Waals surface area contributed by atoms with E-state index in [1.165, 1.54) is 24.3 Å². The highest BCUT2D eigenvalue weighted by Crippen LogP contribution is 2.33. The van der Waals surface area contributed by atoms with Gasteiger partial charge in [-0.2, -0.15) is 0 Å². The summed E-state index contributed by atoms with van der Waals surface area (Å²) in [5.74, 6) is -0.635. The van der Waals surface area contributed by atoms with Crippen molar-refractivity contribution in [3.05, 3.63) is 41.1 Å². The Balaban J connectivity index is 2.11. The maximum absolute atomic E-state index is 13.4. The first-order valence-corrected chi connectivity index (χ1v) is 8.24. The summed E-state index contributed by atoms with van der Waals surface area (Å²) in [6.07, 6.45) is 2.46. The van der Waals surface area contributed by atoms with Crippen LogP contribution in [0.25, 0.3) is 11.6 Å². The number of fused-ring (bicyclic) bond motifs is 1. The number of rotatable bonds is 2. The van der Waals surface area contributed by atoms with Crippen molar-refractivity contribution in [1.29, 1.82) is 0 Å². The third-order valence-electron chi connectivity index (χ3n) is 3.26. The summed E-state index contributed by atoms with van der Waals surface area (Å²) >= 11 is 0. The van der Waals surface area contributed by atoms with Crippen LogP contribution in [0.2, 0.25) is 0 Å². The molecule has 0 bridgehead atoms. The Morgan fingerprint density at radius 2 is 2.05 bits per heavy atom. The van der Waals surface area contributed by atoms with Crippen molar-refractivity contribution in [2.75, 3.05) is 11.6 Å². The molecule has 2 aromatic rings. The van der Waals surface area contributed by atoms with Gasteiger partial charge in [-0.05, 0) is 31.2 Å². The van der Waals surface area contributed by atoms with Crippen molar-refractivity contribution < 1.29 is 17.6 Å². The molecule has 22 heavy (non-hydrogen) atoms. The van der Waals surface area contributed by atoms with Gasteiger partial charge in [-0.1, -0.05) is 0 Å². The second kappa shape index (κ2) is 4.77. The van der Waals surface area contributed by atoms with Gasteiger partial charge in [-0.3, -0.25) is 4.79 Å². The van der Waals surface area contributed by atoms with Crippen molar-refractivity contribution in [3.63, 3.8) is 0 Å². The monoisotopic (exact) mass is 321 g/mol. The molecule has 114 valence electrons. The fraction of sp³-hybridized carbons (Fsp3) is 0.143. The third-order valence-corrected chi connectivity index (χ3v) is 4.36. The number of benzene rings is 1. The minimum absolute atomic E-state index is 0.0720. The number of amides is 1. The molecule has 0 saturated carbocycles. The maximum Gasteiger partial charge on any atom is 0.256 e. The van der Waals surface area contributed by atoms with Crippen LogP contribution in [0.3, 0.4) is 0 Å². The number of nitrogens with one attached hydrogen (secondary N) is 2. The predicted molar refractivity (Wildman–Crippen MR) is 79.3 cm³/mol. The molecule has 2 heterocycles. The molecule has 3 rings (SSSR count). The van der Waals surface area contributed by atoms with Crippen LogP contribution in [0, 0.1) is 12.7 Å². The van der Waals surface area contributed by atoms with E-state index < -0.39 is 21.6 Å². The lowest BCUT2D eigenvalue weighted by Gasteiger charge is -1.97. The Morgan fingerprint density at radius 3 is 2.68 bits per heavy atom. The topological polar surface area (TPSA) is 91.9 Å². The number of aryl methyl sites for hydroxylation is 1. The zero-order chi connectivity index (χ0) is 16.1. The Kier molecular flexibility index (Phi) is 3.13. The smallest absolute Gasteiger partial charge is 0.256 e. The van der Waals surface area contributed by atoms with Crippen molar-refractivity contribution in [2.45, 2.75) is 11.9 Å². The second-order valence-electron chi connectivity index (χ2n) is 5.03. The van der Waals surface area contributed by atoms with Gasteiger partial charge in [0.15, 0.2) is 14.9 Å². The lowest BCUT2D eigenvalue weighted by atomic mass is 10.1. The van der Waals surface area contributed by atoms with Crippen LogP contribution >= 0.6 is 0 Å². The number of anilines is 1. The average Bonchev–Trinajstić information content (AvgIpc) is 2.92. The lowest BCUT2D eigenvalue weighted by molar-refractivity contribution is -0.110. The van der Waals surface area contributed by atoms with E-state index in [4.69, 9.17) is 0 Å². The minimum Gasteiger partial charge on any atom is -0.341 e. The largest absolute Gasteiger partial charge is 0.341 e. The first kappa shape index (κ1) is 14.5. The van der Waals surface area contributed by atoms with Gasteiger partial charge >= 0.3 is 0 Å². The van der Waals surface area contributed by atoms with E-state index in [2.05, 4.69) is 15.3 Å². The van der Waals surface area contributed by atoms with Crippen LogP contribution in [0.5, 0.6) is 0 Å². The predicted octanol–water partition coefficient (Wildman–Crippen LogP) is 1.75. The van der Waals surface area contributed by atoms with Crippen LogP contribution in [0.15, 0.2) is 23.2 Å². The van der Waals surface area contributed by atoms with Crippen molar-refractivity contribution in [3.8, 4) is 0 Å². The van der Waals surface area contributed by atoms with Gasteiger partial charge in [0.25, 0.3) is 5.91 Å². The van der Waals surface area contributed by atoms with Crippen LogP contribution in [0.4, 0.5) is 10.1 Å². The number of H-pyrrole nitrogens is 1. The van der Waals surface area contributed by atoms with Gasteiger partial charge in [0.2, 0.25) is 0 Å². The fourth-order valence-electron chi connectivity index (χ4n) is 2.34. The molecule has 8 heteroatoms. The highest BCUT2D eigenvalue weighted by Gasteiger charge is 2.25. The molecule has 6 nitrogen and oxygen atoms in total. The summed E-state index contributed by atoms with van der Waals surface area (Å²) in [5, 5.41) is 2.54. The van der Waals surface area contributed by atoms with E-state index in [0.29, 0.717) is 16.9 Å². The number of imidazole rings is 1. The van der Waals surface area contributed by atoms with E-state index in [1.807, 2.05) is 0 Å². The van der Waals surface area contributed by atoms with Crippen LogP contribution in [0.1, 0.15) is 17.1 Å². The molecule has 1 aromatic heterocycles. The van der Waals surface area contributed by atoms with Gasteiger partial charge in [0.1, 0.15) is 11.6 Å². The molecule has 0 aliphatic carbocycles. The van der Waals surface area contributed by atoms with Gasteiger partial charge in [-0.25, -0.2) is 17.8 Å². The number of carbonyl (C=O) groups excluding carboxylic acids is 1. The maximum atomic E-state index is 13.4. The van der Waals surface area contributed by atoms with Crippen LogP contribution in [-0.4, -0.2) is 30.5 Å². The summed E-state index contributed by atoms with van der Waals surface area (Å²) in [6, 6.07) is 3.96. The molecule has 0 saturated heterocycles. The number of halogens is 1. The minimum atomic E-state index is -3.46. The van der Waals surface area contributed by atoms with Crippen molar-refractivity contribution in [2.24, 2.45) is 0 Å². The van der Waals surface area contributed by atoms with Crippen LogP contribution in [-0.2, 0) is 14.6 Å². The molecule has 0 unspecified atom stereocenters. The standard InChI is InChI=1S/C14H12FN3O3S/c1-7-14(22(2,20)21)18-12(16-7)6-10-9-5-8(15)3-4-11(9)17-13(10)19/h3-6H,1-2H3,(H,16,18)(H,17,19)/b10-6-. The molecule has 1 aliphatic rings. The van der Waals surface area contributed by atoms with E-state index >= 15 is 0 Å². The molecule has 0 atom stereocenters. The molecular formula is C14H12FN3O3S. The molecule has 0 fully saturated rings. The van der Waals surface area contributed by atoms with E-state index in [-0.39, 0.29) is 16.4 Å². The average molecular weight is 321 g/mol. The number of aromatic nitrogens is 2. The van der Waals surface area contributed by atoms with Gasteiger partial charge in [0, 0.05) is 17.5 Å². The molecule has 1 aromatic carbocycles. The Hall–Kier alpha value is -2.48. The van der Waals surface area contributed by atoms with E-state index in [0.717, 1.165) is 6.26 Å². The lowest BCUT2D eigenvalue weighted by Crippen LogP contribution is -2.03. The van der Waals surface area contributed by atoms with E-state index in [9.17, 15) is 17.6 Å². The second-order valence-corrected chi connectivity index (χ2v) is 6.96. The quantitative estimate of drug-likeness (QED) is 0.824. The number of sulfone groups is 1. The van der Waals surface area contributed by atoms with Gasteiger partial charge in [0.05, 0.1) is 11.3 Å². The Morgan fingerprint density at radius 1 is 1.32 bits per heavy atom. The SMILES string of the molecule is Cc1[nH]c(/C=C2\C(=O)Nc3ccc(F)cc32)nc1S(C)(=O)=O. The van der Waals surface area contributed by atoms with Crippen molar-refractivity contribution >= 4 is 33.1 Å². The summed E-state index contributed by atoms with van der Waals surface area (Å²) in [5.41, 5.74) is 1.53. The molecule has 1 amide bonds. The highest BCUT2D eigenvalue weighted by atomic mass is 32.2. The molecule has 1 aliphatic heterocycles. The van der Waals surface area contributed by atoms with E-state index in [1.54, 1.807) is 6.92 Å². The highest BCUT2D eigenvalue weighted by molar-refractivity contribution is 7.90. The number of hydrogen-bond donors (Lipinski definition) is 2. The third kappa shape index (κ3) is 2.41. The molecular weight excluding hydrogens is 309 g/mol. The Bertz CT molecular complexity index is 929. The summed E-state index contributed by atoms with van der Waals surface area (Å²) in [7, 11) is -3.46. The number of hydrogen-bond acceptors (Lipinski definition) is 4. The number of carbonyl (C=O) groups is 1. The molecule has 2 N–H and O–H groups in total. The molecule has 0 radical (unpaired) electrons.